The quantitative estimate of drug-likeness (QED) is 0.677. The largest absolute Gasteiger partial charge is 0.481 e. The van der Waals surface area contributed by atoms with Gasteiger partial charge in [-0.25, -0.2) is 4.79 Å². The Morgan fingerprint density at radius 2 is 2.12 bits per heavy atom. The van der Waals surface area contributed by atoms with Crippen LogP contribution in [0, 0.1) is 6.92 Å². The van der Waals surface area contributed by atoms with Crippen molar-refractivity contribution in [3.8, 4) is 5.75 Å². The van der Waals surface area contributed by atoms with Crippen LogP contribution in [-0.2, 0) is 22.6 Å². The molecule has 0 saturated heterocycles. The number of benzene rings is 1. The van der Waals surface area contributed by atoms with E-state index in [1.807, 2.05) is 23.6 Å². The molecule has 0 saturated carbocycles. The maximum Gasteiger partial charge on any atom is 0.341 e. The molecular weight excluding hydrogens is 332 g/mol. The zero-order valence-electron chi connectivity index (χ0n) is 14.7. The lowest BCUT2D eigenvalue weighted by atomic mass is 10.1. The number of carboxylic acids is 1. The third-order valence-electron chi connectivity index (χ3n) is 3.97. The van der Waals surface area contributed by atoms with E-state index in [-0.39, 0.29) is 6.42 Å². The third-order valence-corrected chi connectivity index (χ3v) is 3.97. The van der Waals surface area contributed by atoms with E-state index in [1.54, 1.807) is 24.3 Å². The number of aliphatic carboxylic acids is 1. The predicted molar refractivity (Wildman–Crippen MR) is 101 cm³/mol. The number of rotatable bonds is 9. The van der Waals surface area contributed by atoms with Crippen LogP contribution < -0.4 is 10.5 Å². The molecule has 1 aromatic carbocycles. The Kier molecular flexibility index (Phi) is 6.01. The summed E-state index contributed by atoms with van der Waals surface area (Å²) < 4.78 is 7.44. The summed E-state index contributed by atoms with van der Waals surface area (Å²) in [5, 5.41) is 9.59. The van der Waals surface area contributed by atoms with E-state index in [1.165, 1.54) is 0 Å². The molecule has 6 nitrogen and oxygen atoms in total. The van der Waals surface area contributed by atoms with E-state index in [0.717, 1.165) is 22.3 Å². The van der Waals surface area contributed by atoms with E-state index < -0.39 is 18.5 Å². The third kappa shape index (κ3) is 4.22. The molecular formula is C20H22N2O4. The summed E-state index contributed by atoms with van der Waals surface area (Å²) in [6.45, 7) is 9.61. The molecule has 2 aromatic rings. The van der Waals surface area contributed by atoms with Gasteiger partial charge in [0, 0.05) is 17.6 Å². The van der Waals surface area contributed by atoms with Crippen LogP contribution in [-0.4, -0.2) is 28.2 Å². The van der Waals surface area contributed by atoms with E-state index >= 15 is 0 Å². The average molecular weight is 354 g/mol. The second-order valence-electron chi connectivity index (χ2n) is 5.88. The molecule has 1 amide bonds. The van der Waals surface area contributed by atoms with Gasteiger partial charge < -0.3 is 20.1 Å². The Morgan fingerprint density at radius 1 is 1.38 bits per heavy atom. The van der Waals surface area contributed by atoms with Crippen LogP contribution in [0.4, 0.5) is 0 Å². The lowest BCUT2D eigenvalue weighted by Gasteiger charge is -2.09. The molecule has 1 heterocycles. The fraction of sp³-hybridized carbons (Fsp3) is 0.200. The average Bonchev–Trinajstić information content (AvgIpc) is 2.84. The van der Waals surface area contributed by atoms with Crippen molar-refractivity contribution in [1.29, 1.82) is 0 Å². The molecule has 0 radical (unpaired) electrons. The first-order valence-electron chi connectivity index (χ1n) is 8.05. The van der Waals surface area contributed by atoms with Crippen molar-refractivity contribution in [2.24, 2.45) is 5.73 Å². The van der Waals surface area contributed by atoms with Crippen LogP contribution in [0.15, 0.2) is 55.2 Å². The maximum absolute atomic E-state index is 11.6. The second kappa shape index (κ2) is 8.20. The van der Waals surface area contributed by atoms with Crippen LogP contribution in [0.1, 0.15) is 11.3 Å². The van der Waals surface area contributed by atoms with Crippen molar-refractivity contribution in [1.82, 2.24) is 4.57 Å². The molecule has 0 atom stereocenters. The number of fused-ring (bicyclic) bond motifs is 1. The number of primary amides is 1. The van der Waals surface area contributed by atoms with Gasteiger partial charge in [0.25, 0.3) is 0 Å². The molecule has 26 heavy (non-hydrogen) atoms. The van der Waals surface area contributed by atoms with Gasteiger partial charge in [-0.3, -0.25) is 4.79 Å². The molecule has 0 bridgehead atoms. The van der Waals surface area contributed by atoms with E-state index in [4.69, 9.17) is 15.6 Å². The first kappa shape index (κ1) is 19.1. The minimum absolute atomic E-state index is 0.0394. The highest BCUT2D eigenvalue weighted by atomic mass is 16.5. The Labute approximate surface area is 151 Å². The number of hydrogen-bond donors (Lipinski definition) is 2. The van der Waals surface area contributed by atoms with Gasteiger partial charge >= 0.3 is 5.97 Å². The molecule has 0 spiro atoms. The molecule has 0 unspecified atom stereocenters. The van der Waals surface area contributed by atoms with Crippen molar-refractivity contribution >= 4 is 22.8 Å². The first-order valence-corrected chi connectivity index (χ1v) is 8.05. The molecule has 0 aliphatic heterocycles. The number of hydrogen-bond acceptors (Lipinski definition) is 3. The van der Waals surface area contributed by atoms with Crippen LogP contribution >= 0.6 is 0 Å². The van der Waals surface area contributed by atoms with Crippen molar-refractivity contribution in [3.05, 3.63) is 66.4 Å². The lowest BCUT2D eigenvalue weighted by molar-refractivity contribution is -0.139. The number of allylic oxidation sites excluding steroid dienone is 4. The summed E-state index contributed by atoms with van der Waals surface area (Å²) in [5.74, 6) is -1.13. The highest BCUT2D eigenvalue weighted by Crippen LogP contribution is 2.34. The number of ether oxygens (including phenoxy) is 1. The molecule has 1 aromatic heterocycles. The molecule has 2 rings (SSSR count). The van der Waals surface area contributed by atoms with Crippen LogP contribution in [0.3, 0.4) is 0 Å². The van der Waals surface area contributed by atoms with E-state index in [9.17, 15) is 9.59 Å². The SMILES string of the molecule is C=C/C=C\C(=C)Cn1c(C)c(CC(N)=O)c2c(OCC(=O)O)cccc21. The fourth-order valence-corrected chi connectivity index (χ4v) is 2.89. The second-order valence-corrected chi connectivity index (χ2v) is 5.88. The lowest BCUT2D eigenvalue weighted by Crippen LogP contribution is -2.15. The maximum atomic E-state index is 11.6. The van der Waals surface area contributed by atoms with Crippen molar-refractivity contribution in [3.63, 3.8) is 0 Å². The van der Waals surface area contributed by atoms with Crippen molar-refractivity contribution in [2.45, 2.75) is 19.9 Å². The number of aromatic nitrogens is 1. The smallest absolute Gasteiger partial charge is 0.341 e. The number of amides is 1. The summed E-state index contributed by atoms with van der Waals surface area (Å²) in [6.07, 6.45) is 5.37. The number of nitrogens with two attached hydrogens (primary N) is 1. The normalized spacial score (nSPS) is 11.0. The molecule has 0 fully saturated rings. The molecule has 3 N–H and O–H groups in total. The minimum atomic E-state index is -1.07. The minimum Gasteiger partial charge on any atom is -0.481 e. The standard InChI is InChI=1S/C20H22N2O4/c1-4-5-7-13(2)11-22-14(3)15(10-18(21)23)20-16(22)8-6-9-17(20)26-12-19(24)25/h4-9H,1-2,10-12H2,3H3,(H2,21,23)(H,24,25)/b7-5-. The Morgan fingerprint density at radius 3 is 2.73 bits per heavy atom. The van der Waals surface area contributed by atoms with Crippen molar-refractivity contribution < 1.29 is 19.4 Å². The molecule has 6 heteroatoms. The molecule has 0 aliphatic rings. The number of carbonyl (C=O) groups is 2. The van der Waals surface area contributed by atoms with Crippen LogP contribution in [0.25, 0.3) is 10.9 Å². The summed E-state index contributed by atoms with van der Waals surface area (Å²) in [7, 11) is 0. The van der Waals surface area contributed by atoms with Gasteiger partial charge in [0.05, 0.1) is 11.9 Å². The summed E-state index contributed by atoms with van der Waals surface area (Å²) in [5.41, 5.74) is 8.68. The van der Waals surface area contributed by atoms with Gasteiger partial charge in [-0.1, -0.05) is 37.5 Å². The summed E-state index contributed by atoms with van der Waals surface area (Å²) in [6, 6.07) is 5.36. The Hall–Kier alpha value is -3.28. The Bertz CT molecular complexity index is 906. The molecule has 136 valence electrons. The fourth-order valence-electron chi connectivity index (χ4n) is 2.89. The summed E-state index contributed by atoms with van der Waals surface area (Å²) in [4.78, 5) is 22.4. The van der Waals surface area contributed by atoms with Gasteiger partial charge in [0.2, 0.25) is 5.91 Å². The topological polar surface area (TPSA) is 94.5 Å². The van der Waals surface area contributed by atoms with E-state index in [2.05, 4.69) is 13.2 Å². The van der Waals surface area contributed by atoms with Crippen LogP contribution in [0.2, 0.25) is 0 Å². The van der Waals surface area contributed by atoms with E-state index in [0.29, 0.717) is 17.7 Å². The molecule has 0 aliphatic carbocycles. The van der Waals surface area contributed by atoms with Gasteiger partial charge in [-0.15, -0.1) is 0 Å². The highest BCUT2D eigenvalue weighted by molar-refractivity contribution is 5.94. The van der Waals surface area contributed by atoms with Gasteiger partial charge in [-0.2, -0.15) is 0 Å². The highest BCUT2D eigenvalue weighted by Gasteiger charge is 2.19. The Balaban J connectivity index is 2.60. The first-order chi connectivity index (χ1) is 12.3. The van der Waals surface area contributed by atoms with Crippen molar-refractivity contribution in [2.75, 3.05) is 6.61 Å². The predicted octanol–water partition coefficient (Wildman–Crippen LogP) is 2.74. The van der Waals surface area contributed by atoms with Gasteiger partial charge in [0.1, 0.15) is 5.75 Å². The van der Waals surface area contributed by atoms with Gasteiger partial charge in [0.15, 0.2) is 6.61 Å². The number of carboxylic acid groups (broad SMARTS) is 1. The van der Waals surface area contributed by atoms with Gasteiger partial charge in [-0.05, 0) is 30.2 Å². The zero-order chi connectivity index (χ0) is 19.3. The zero-order valence-corrected chi connectivity index (χ0v) is 14.7. The number of carbonyl (C=O) groups excluding carboxylic acids is 1. The van der Waals surface area contributed by atoms with Crippen LogP contribution in [0.5, 0.6) is 5.75 Å². The monoisotopic (exact) mass is 354 g/mol. The number of nitrogens with zero attached hydrogens (tertiary/aromatic N) is 1. The summed E-state index contributed by atoms with van der Waals surface area (Å²) >= 11 is 0.